The normalized spacial score (nSPS) is 24.1. The third-order valence-electron chi connectivity index (χ3n) is 3.69. The first-order valence-electron chi connectivity index (χ1n) is 7.02. The van der Waals surface area contributed by atoms with E-state index in [0.717, 1.165) is 25.5 Å². The second-order valence-corrected chi connectivity index (χ2v) is 5.77. The first-order chi connectivity index (χ1) is 9.52. The van der Waals surface area contributed by atoms with E-state index < -0.39 is 11.6 Å². The van der Waals surface area contributed by atoms with Gasteiger partial charge in [-0.3, -0.25) is 0 Å². The zero-order chi connectivity index (χ0) is 14.7. The predicted molar refractivity (Wildman–Crippen MR) is 75.9 cm³/mol. The summed E-state index contributed by atoms with van der Waals surface area (Å²) in [5, 5.41) is 3.64. The average molecular weight is 304 g/mol. The molecule has 1 heterocycles. The fraction of sp³-hybridized carbons (Fsp3) is 0.600. The van der Waals surface area contributed by atoms with Crippen molar-refractivity contribution in [3.63, 3.8) is 0 Å². The van der Waals surface area contributed by atoms with Crippen LogP contribution in [0.3, 0.4) is 0 Å². The van der Waals surface area contributed by atoms with Crippen molar-refractivity contribution >= 4 is 11.6 Å². The molecule has 3 unspecified atom stereocenters. The van der Waals surface area contributed by atoms with Crippen LogP contribution < -0.4 is 5.32 Å². The monoisotopic (exact) mass is 303 g/mol. The molecule has 2 rings (SSSR count). The summed E-state index contributed by atoms with van der Waals surface area (Å²) >= 11 is 6.10. The van der Waals surface area contributed by atoms with E-state index in [1.165, 1.54) is 6.07 Å². The molecule has 1 saturated heterocycles. The molecule has 0 aliphatic carbocycles. The van der Waals surface area contributed by atoms with Gasteiger partial charge in [0.2, 0.25) is 0 Å². The van der Waals surface area contributed by atoms with Crippen molar-refractivity contribution in [1.82, 2.24) is 5.32 Å². The molecule has 1 fully saturated rings. The van der Waals surface area contributed by atoms with E-state index >= 15 is 0 Å². The fourth-order valence-electron chi connectivity index (χ4n) is 2.69. The van der Waals surface area contributed by atoms with Gasteiger partial charge >= 0.3 is 0 Å². The summed E-state index contributed by atoms with van der Waals surface area (Å²) in [6, 6.07) is 2.14. The number of hydrogen-bond donors (Lipinski definition) is 1. The molecule has 0 saturated carbocycles. The van der Waals surface area contributed by atoms with Crippen LogP contribution in [0.4, 0.5) is 8.78 Å². The molecule has 2 nitrogen and oxygen atoms in total. The Morgan fingerprint density at radius 2 is 2.10 bits per heavy atom. The molecule has 1 aromatic rings. The molecule has 112 valence electrons. The van der Waals surface area contributed by atoms with E-state index in [1.54, 1.807) is 0 Å². The Hall–Kier alpha value is -0.710. The van der Waals surface area contributed by atoms with Crippen molar-refractivity contribution in [2.75, 3.05) is 13.2 Å². The van der Waals surface area contributed by atoms with E-state index in [4.69, 9.17) is 16.3 Å². The highest BCUT2D eigenvalue weighted by Crippen LogP contribution is 2.35. The van der Waals surface area contributed by atoms with E-state index in [1.807, 2.05) is 6.92 Å². The van der Waals surface area contributed by atoms with E-state index in [0.29, 0.717) is 12.2 Å². The van der Waals surface area contributed by atoms with E-state index in [9.17, 15) is 8.78 Å². The van der Waals surface area contributed by atoms with E-state index in [2.05, 4.69) is 12.2 Å². The Labute approximate surface area is 123 Å². The maximum Gasteiger partial charge on any atom is 0.160 e. The fourth-order valence-corrected chi connectivity index (χ4v) is 2.96. The average Bonchev–Trinajstić information content (AvgIpc) is 2.82. The molecule has 0 spiro atoms. The SMILES string of the molecule is CCCNC(c1cc(F)c(F)cc1Cl)C1COC(C)C1. The van der Waals surface area contributed by atoms with Crippen molar-refractivity contribution in [2.45, 2.75) is 38.8 Å². The summed E-state index contributed by atoms with van der Waals surface area (Å²) < 4.78 is 32.3. The molecule has 0 radical (unpaired) electrons. The third kappa shape index (κ3) is 3.48. The number of rotatable bonds is 5. The largest absolute Gasteiger partial charge is 0.378 e. The first kappa shape index (κ1) is 15.7. The number of ether oxygens (including phenoxy) is 1. The lowest BCUT2D eigenvalue weighted by Crippen LogP contribution is -2.30. The molecule has 1 N–H and O–H groups in total. The van der Waals surface area contributed by atoms with Crippen molar-refractivity contribution in [3.8, 4) is 0 Å². The van der Waals surface area contributed by atoms with Crippen LogP contribution in [0, 0.1) is 17.6 Å². The van der Waals surface area contributed by atoms with Gasteiger partial charge in [-0.2, -0.15) is 0 Å². The van der Waals surface area contributed by atoms with Crippen LogP contribution in [0.1, 0.15) is 38.3 Å². The summed E-state index contributed by atoms with van der Waals surface area (Å²) in [5.41, 5.74) is 0.613. The standard InChI is InChI=1S/C15H20ClF2NO/c1-3-4-19-15(10-5-9(2)20-8-10)11-6-13(17)14(18)7-12(11)16/h6-7,9-10,15,19H,3-5,8H2,1-2H3. The minimum atomic E-state index is -0.913. The van der Waals surface area contributed by atoms with Crippen molar-refractivity contribution in [1.29, 1.82) is 0 Å². The van der Waals surface area contributed by atoms with Gasteiger partial charge in [0.15, 0.2) is 11.6 Å². The van der Waals surface area contributed by atoms with Crippen molar-refractivity contribution in [2.24, 2.45) is 5.92 Å². The minimum absolute atomic E-state index is 0.109. The van der Waals surface area contributed by atoms with Crippen LogP contribution >= 0.6 is 11.6 Å². The number of hydrogen-bond acceptors (Lipinski definition) is 2. The Bertz CT molecular complexity index is 469. The van der Waals surface area contributed by atoms with Crippen LogP contribution in [0.5, 0.6) is 0 Å². The van der Waals surface area contributed by atoms with Crippen LogP contribution in [-0.4, -0.2) is 19.3 Å². The van der Waals surface area contributed by atoms with Gasteiger partial charge in [0.1, 0.15) is 0 Å². The van der Waals surface area contributed by atoms with Gasteiger partial charge in [-0.15, -0.1) is 0 Å². The second kappa shape index (κ2) is 6.83. The summed E-state index contributed by atoms with van der Waals surface area (Å²) in [5.74, 6) is -1.55. The lowest BCUT2D eigenvalue weighted by Gasteiger charge is -2.25. The summed E-state index contributed by atoms with van der Waals surface area (Å²) in [6.45, 7) is 5.48. The highest BCUT2D eigenvalue weighted by molar-refractivity contribution is 6.31. The molecule has 1 aliphatic heterocycles. The minimum Gasteiger partial charge on any atom is -0.378 e. The van der Waals surface area contributed by atoms with Gasteiger partial charge in [-0.25, -0.2) is 8.78 Å². The van der Waals surface area contributed by atoms with Crippen LogP contribution in [-0.2, 0) is 4.74 Å². The Kier molecular flexibility index (Phi) is 5.35. The number of halogens is 3. The molecular formula is C15H20ClF2NO. The first-order valence-corrected chi connectivity index (χ1v) is 7.40. The third-order valence-corrected chi connectivity index (χ3v) is 4.02. The predicted octanol–water partition coefficient (Wildman–Crippen LogP) is 4.08. The van der Waals surface area contributed by atoms with Gasteiger partial charge < -0.3 is 10.1 Å². The molecule has 1 aliphatic rings. The van der Waals surface area contributed by atoms with Gasteiger partial charge in [-0.05, 0) is 44.0 Å². The van der Waals surface area contributed by atoms with Crippen molar-refractivity contribution < 1.29 is 13.5 Å². The van der Waals surface area contributed by atoms with Crippen LogP contribution in [0.15, 0.2) is 12.1 Å². The lowest BCUT2D eigenvalue weighted by molar-refractivity contribution is 0.117. The molecule has 1 aromatic carbocycles. The highest BCUT2D eigenvalue weighted by atomic mass is 35.5. The maximum absolute atomic E-state index is 13.5. The summed E-state index contributed by atoms with van der Waals surface area (Å²) in [4.78, 5) is 0. The zero-order valence-electron chi connectivity index (χ0n) is 11.8. The molecule has 20 heavy (non-hydrogen) atoms. The molecule has 3 atom stereocenters. The van der Waals surface area contributed by atoms with Gasteiger partial charge in [-0.1, -0.05) is 18.5 Å². The molecular weight excluding hydrogens is 284 g/mol. The second-order valence-electron chi connectivity index (χ2n) is 5.36. The smallest absolute Gasteiger partial charge is 0.160 e. The Morgan fingerprint density at radius 1 is 1.40 bits per heavy atom. The lowest BCUT2D eigenvalue weighted by atomic mass is 9.90. The Morgan fingerprint density at radius 3 is 2.70 bits per heavy atom. The number of benzene rings is 1. The summed E-state index contributed by atoms with van der Waals surface area (Å²) in [6.07, 6.45) is 2.03. The summed E-state index contributed by atoms with van der Waals surface area (Å²) in [7, 11) is 0. The van der Waals surface area contributed by atoms with E-state index in [-0.39, 0.29) is 23.1 Å². The molecule has 0 aromatic heterocycles. The molecule has 5 heteroatoms. The molecule has 0 bridgehead atoms. The van der Waals surface area contributed by atoms with Crippen LogP contribution in [0.25, 0.3) is 0 Å². The number of nitrogens with one attached hydrogen (secondary N) is 1. The van der Waals surface area contributed by atoms with Crippen molar-refractivity contribution in [3.05, 3.63) is 34.4 Å². The Balaban J connectivity index is 2.28. The maximum atomic E-state index is 13.5. The zero-order valence-corrected chi connectivity index (χ0v) is 12.5. The van der Waals surface area contributed by atoms with Gasteiger partial charge in [0.05, 0.1) is 12.7 Å². The molecule has 0 amide bonds. The van der Waals surface area contributed by atoms with Gasteiger partial charge in [0.25, 0.3) is 0 Å². The quantitative estimate of drug-likeness (QED) is 0.828. The highest BCUT2D eigenvalue weighted by Gasteiger charge is 2.32. The van der Waals surface area contributed by atoms with Crippen LogP contribution in [0.2, 0.25) is 5.02 Å². The van der Waals surface area contributed by atoms with Gasteiger partial charge in [0, 0.05) is 17.0 Å². The topological polar surface area (TPSA) is 21.3 Å².